The van der Waals surface area contributed by atoms with Gasteiger partial charge in [-0.3, -0.25) is 0 Å². The maximum Gasteiger partial charge on any atom is 0.142 e. The van der Waals surface area contributed by atoms with E-state index in [-0.39, 0.29) is 19.3 Å². The molecule has 0 saturated carbocycles. The molecule has 1 unspecified atom stereocenters. The Kier molecular flexibility index (Phi) is 7.92. The minimum atomic E-state index is -0.666. The Morgan fingerprint density at radius 1 is 1.30 bits per heavy atom. The van der Waals surface area contributed by atoms with Crippen LogP contribution in [0.2, 0.25) is 5.02 Å². The SMILES string of the molecule is CCNCc1cccc(Cl)c1OCC(O)COC(C)C. The van der Waals surface area contributed by atoms with Crippen LogP contribution in [0, 0.1) is 0 Å². The minimum Gasteiger partial charge on any atom is -0.489 e. The van der Waals surface area contributed by atoms with E-state index in [2.05, 4.69) is 5.32 Å². The standard InChI is InChI=1S/C15H24ClNO3/c1-4-17-8-12-6-5-7-14(16)15(12)20-10-13(18)9-19-11(2)3/h5-7,11,13,17-18H,4,8-10H2,1-3H3. The molecule has 0 fully saturated rings. The number of hydrogen-bond acceptors (Lipinski definition) is 4. The van der Waals surface area contributed by atoms with Crippen molar-refractivity contribution in [3.8, 4) is 5.75 Å². The Hall–Kier alpha value is -0.810. The summed E-state index contributed by atoms with van der Waals surface area (Å²) in [5.74, 6) is 0.624. The first-order valence-electron chi connectivity index (χ1n) is 6.95. The van der Waals surface area contributed by atoms with Crippen LogP contribution >= 0.6 is 11.6 Å². The van der Waals surface area contributed by atoms with Gasteiger partial charge in [0, 0.05) is 12.1 Å². The number of aliphatic hydroxyl groups is 1. The molecular formula is C15H24ClNO3. The fraction of sp³-hybridized carbons (Fsp3) is 0.600. The first kappa shape index (κ1) is 17.2. The summed E-state index contributed by atoms with van der Waals surface area (Å²) in [7, 11) is 0. The number of hydrogen-bond donors (Lipinski definition) is 2. The molecule has 0 aromatic heterocycles. The average Bonchev–Trinajstić information content (AvgIpc) is 2.41. The van der Waals surface area contributed by atoms with Crippen molar-refractivity contribution in [2.24, 2.45) is 0 Å². The Morgan fingerprint density at radius 2 is 2.05 bits per heavy atom. The predicted octanol–water partition coefficient (Wildman–Crippen LogP) is 2.61. The Morgan fingerprint density at radius 3 is 2.70 bits per heavy atom. The monoisotopic (exact) mass is 301 g/mol. The van der Waals surface area contributed by atoms with Gasteiger partial charge in [-0.2, -0.15) is 0 Å². The Bertz CT molecular complexity index is 399. The topological polar surface area (TPSA) is 50.7 Å². The first-order valence-corrected chi connectivity index (χ1v) is 7.33. The maximum absolute atomic E-state index is 9.81. The molecule has 1 aromatic carbocycles. The number of ether oxygens (including phenoxy) is 2. The van der Waals surface area contributed by atoms with Crippen molar-refractivity contribution in [2.45, 2.75) is 39.5 Å². The maximum atomic E-state index is 9.81. The summed E-state index contributed by atoms with van der Waals surface area (Å²) in [5, 5.41) is 13.6. The van der Waals surface area contributed by atoms with Crippen molar-refractivity contribution in [3.05, 3.63) is 28.8 Å². The smallest absolute Gasteiger partial charge is 0.142 e. The normalized spacial score (nSPS) is 12.7. The molecule has 0 heterocycles. The van der Waals surface area contributed by atoms with Gasteiger partial charge in [-0.15, -0.1) is 0 Å². The zero-order valence-corrected chi connectivity index (χ0v) is 13.1. The van der Waals surface area contributed by atoms with Crippen molar-refractivity contribution < 1.29 is 14.6 Å². The van der Waals surface area contributed by atoms with E-state index in [0.29, 0.717) is 17.3 Å². The lowest BCUT2D eigenvalue weighted by Crippen LogP contribution is -2.25. The zero-order valence-electron chi connectivity index (χ0n) is 12.4. The van der Waals surface area contributed by atoms with Crippen LogP contribution < -0.4 is 10.1 Å². The molecule has 2 N–H and O–H groups in total. The number of aliphatic hydroxyl groups excluding tert-OH is 1. The molecule has 114 valence electrons. The lowest BCUT2D eigenvalue weighted by molar-refractivity contribution is -0.0124. The minimum absolute atomic E-state index is 0.0919. The van der Waals surface area contributed by atoms with Gasteiger partial charge in [0.25, 0.3) is 0 Å². The predicted molar refractivity (Wildman–Crippen MR) is 81.4 cm³/mol. The van der Waals surface area contributed by atoms with Gasteiger partial charge >= 0.3 is 0 Å². The van der Waals surface area contributed by atoms with E-state index in [0.717, 1.165) is 12.1 Å². The summed E-state index contributed by atoms with van der Waals surface area (Å²) in [6.45, 7) is 7.87. The van der Waals surface area contributed by atoms with E-state index in [9.17, 15) is 5.11 Å². The molecule has 0 saturated heterocycles. The summed E-state index contributed by atoms with van der Waals surface area (Å²) >= 11 is 6.15. The van der Waals surface area contributed by atoms with Gasteiger partial charge in [0.2, 0.25) is 0 Å². The fourth-order valence-corrected chi connectivity index (χ4v) is 1.89. The van der Waals surface area contributed by atoms with Crippen molar-refractivity contribution in [3.63, 3.8) is 0 Å². The van der Waals surface area contributed by atoms with Crippen LogP contribution in [-0.4, -0.2) is 37.1 Å². The molecule has 1 aromatic rings. The van der Waals surface area contributed by atoms with Crippen LogP contribution in [0.3, 0.4) is 0 Å². The van der Waals surface area contributed by atoms with Gasteiger partial charge in [-0.1, -0.05) is 30.7 Å². The number of rotatable bonds is 9. The quantitative estimate of drug-likeness (QED) is 0.736. The molecule has 1 rings (SSSR count). The number of para-hydroxylation sites is 1. The molecule has 0 spiro atoms. The van der Waals surface area contributed by atoms with Gasteiger partial charge < -0.3 is 19.9 Å². The van der Waals surface area contributed by atoms with Gasteiger partial charge in [0.15, 0.2) is 0 Å². The van der Waals surface area contributed by atoms with Crippen LogP contribution in [0.5, 0.6) is 5.75 Å². The molecule has 0 radical (unpaired) electrons. The van der Waals surface area contributed by atoms with E-state index in [1.807, 2.05) is 32.9 Å². The molecule has 4 nitrogen and oxygen atoms in total. The molecule has 0 aliphatic carbocycles. The highest BCUT2D eigenvalue weighted by Gasteiger charge is 2.12. The molecule has 1 atom stereocenters. The molecule has 20 heavy (non-hydrogen) atoms. The third-order valence-corrected chi connectivity index (χ3v) is 2.95. The van der Waals surface area contributed by atoms with E-state index < -0.39 is 6.10 Å². The lowest BCUT2D eigenvalue weighted by atomic mass is 10.2. The second-order valence-corrected chi connectivity index (χ2v) is 5.26. The van der Waals surface area contributed by atoms with Gasteiger partial charge in [0.1, 0.15) is 18.5 Å². The highest BCUT2D eigenvalue weighted by Crippen LogP contribution is 2.28. The van der Waals surface area contributed by atoms with E-state index >= 15 is 0 Å². The molecule has 5 heteroatoms. The fourth-order valence-electron chi connectivity index (χ4n) is 1.65. The summed E-state index contributed by atoms with van der Waals surface area (Å²) in [6.07, 6.45) is -0.574. The number of nitrogens with one attached hydrogen (secondary N) is 1. The van der Waals surface area contributed by atoms with Crippen LogP contribution in [0.25, 0.3) is 0 Å². The molecule has 0 aliphatic rings. The van der Waals surface area contributed by atoms with Crippen molar-refractivity contribution in [1.29, 1.82) is 0 Å². The zero-order chi connectivity index (χ0) is 15.0. The van der Waals surface area contributed by atoms with E-state index in [4.69, 9.17) is 21.1 Å². The van der Waals surface area contributed by atoms with Gasteiger partial charge in [-0.25, -0.2) is 0 Å². The molecule has 0 amide bonds. The van der Waals surface area contributed by atoms with Crippen LogP contribution in [0.1, 0.15) is 26.3 Å². The summed E-state index contributed by atoms with van der Waals surface area (Å²) in [6, 6.07) is 5.63. The van der Waals surface area contributed by atoms with Crippen LogP contribution in [0.15, 0.2) is 18.2 Å². The van der Waals surface area contributed by atoms with E-state index in [1.54, 1.807) is 6.07 Å². The largest absolute Gasteiger partial charge is 0.489 e. The number of halogens is 1. The molecule has 0 bridgehead atoms. The third kappa shape index (κ3) is 6.09. The lowest BCUT2D eigenvalue weighted by Gasteiger charge is -2.17. The van der Waals surface area contributed by atoms with Crippen molar-refractivity contribution >= 4 is 11.6 Å². The van der Waals surface area contributed by atoms with Crippen LogP contribution in [-0.2, 0) is 11.3 Å². The second kappa shape index (κ2) is 9.19. The Labute approximate surface area is 126 Å². The highest BCUT2D eigenvalue weighted by molar-refractivity contribution is 6.32. The summed E-state index contributed by atoms with van der Waals surface area (Å²) < 4.78 is 11.0. The average molecular weight is 302 g/mol. The van der Waals surface area contributed by atoms with Crippen LogP contribution in [0.4, 0.5) is 0 Å². The van der Waals surface area contributed by atoms with E-state index in [1.165, 1.54) is 0 Å². The highest BCUT2D eigenvalue weighted by atomic mass is 35.5. The second-order valence-electron chi connectivity index (χ2n) is 4.86. The molecular weight excluding hydrogens is 278 g/mol. The van der Waals surface area contributed by atoms with Crippen molar-refractivity contribution in [2.75, 3.05) is 19.8 Å². The Balaban J connectivity index is 2.57. The number of benzene rings is 1. The van der Waals surface area contributed by atoms with Crippen molar-refractivity contribution in [1.82, 2.24) is 5.32 Å². The summed E-state index contributed by atoms with van der Waals surface area (Å²) in [5.41, 5.74) is 0.983. The third-order valence-electron chi connectivity index (χ3n) is 2.66. The molecule has 0 aliphatic heterocycles. The first-order chi connectivity index (χ1) is 9.54. The van der Waals surface area contributed by atoms with Gasteiger partial charge in [0.05, 0.1) is 17.7 Å². The van der Waals surface area contributed by atoms with Gasteiger partial charge in [-0.05, 0) is 26.5 Å². The summed E-state index contributed by atoms with van der Waals surface area (Å²) in [4.78, 5) is 0.